The predicted octanol–water partition coefficient (Wildman–Crippen LogP) is 1.39. The Bertz CT molecular complexity index is 555. The van der Waals surface area contributed by atoms with Gasteiger partial charge in [-0.1, -0.05) is 30.3 Å². The van der Waals surface area contributed by atoms with Crippen LogP contribution in [0.25, 0.3) is 0 Å². The minimum absolute atomic E-state index is 0.295. The number of hydrogen-bond donors (Lipinski definition) is 2. The molecular weight excluding hydrogens is 246 g/mol. The third-order valence-electron chi connectivity index (χ3n) is 2.83. The summed E-state index contributed by atoms with van der Waals surface area (Å²) in [6.07, 6.45) is 0. The zero-order valence-corrected chi connectivity index (χ0v) is 10.5. The van der Waals surface area contributed by atoms with Crippen LogP contribution in [0.2, 0.25) is 0 Å². The number of ether oxygens (including phenoxy) is 1. The molecule has 0 atom stereocenters. The third-order valence-corrected chi connectivity index (χ3v) is 2.83. The van der Waals surface area contributed by atoms with Crippen LogP contribution in [-0.4, -0.2) is 17.2 Å². The lowest BCUT2D eigenvalue weighted by atomic mass is 9.80. The van der Waals surface area contributed by atoms with Crippen LogP contribution in [0.5, 0.6) is 5.75 Å². The molecule has 0 saturated heterocycles. The van der Waals surface area contributed by atoms with Crippen molar-refractivity contribution in [2.45, 2.75) is 13.5 Å². The highest BCUT2D eigenvalue weighted by atomic mass is 19.1. The van der Waals surface area contributed by atoms with Gasteiger partial charge in [0.1, 0.15) is 18.2 Å². The van der Waals surface area contributed by atoms with Crippen molar-refractivity contribution in [1.82, 2.24) is 0 Å². The summed E-state index contributed by atoms with van der Waals surface area (Å²) in [5.74, 6) is 0.172. The van der Waals surface area contributed by atoms with E-state index in [0.29, 0.717) is 23.4 Å². The molecule has 5 heteroatoms. The monoisotopic (exact) mass is 260 g/mol. The van der Waals surface area contributed by atoms with Gasteiger partial charge in [0.2, 0.25) is 0 Å². The fourth-order valence-electron chi connectivity index (χ4n) is 1.62. The van der Waals surface area contributed by atoms with E-state index < -0.39 is 7.12 Å². The van der Waals surface area contributed by atoms with Crippen LogP contribution in [0.4, 0.5) is 4.39 Å². The molecule has 0 aliphatic heterocycles. The molecule has 98 valence electrons. The van der Waals surface area contributed by atoms with Crippen LogP contribution < -0.4 is 10.2 Å². The first-order valence-corrected chi connectivity index (χ1v) is 5.90. The summed E-state index contributed by atoms with van der Waals surface area (Å²) in [7, 11) is -1.47. The highest BCUT2D eigenvalue weighted by Crippen LogP contribution is 2.17. The quantitative estimate of drug-likeness (QED) is 0.817. The maximum atomic E-state index is 13.3. The van der Waals surface area contributed by atoms with E-state index in [-0.39, 0.29) is 5.82 Å². The Kier molecular flexibility index (Phi) is 4.19. The Balaban J connectivity index is 2.00. The Morgan fingerprint density at radius 3 is 2.37 bits per heavy atom. The fraction of sp³-hybridized carbons (Fsp3) is 0.143. The zero-order chi connectivity index (χ0) is 13.8. The Morgan fingerprint density at radius 1 is 1.11 bits per heavy atom. The van der Waals surface area contributed by atoms with E-state index in [2.05, 4.69) is 0 Å². The second kappa shape index (κ2) is 5.86. The SMILES string of the molecule is Cc1ccc(OCc2ccc(B(O)O)cc2)cc1F. The van der Waals surface area contributed by atoms with E-state index in [4.69, 9.17) is 14.8 Å². The molecule has 3 nitrogen and oxygen atoms in total. The smallest absolute Gasteiger partial charge is 0.488 e. The third kappa shape index (κ3) is 3.56. The fourth-order valence-corrected chi connectivity index (χ4v) is 1.62. The highest BCUT2D eigenvalue weighted by molar-refractivity contribution is 6.58. The van der Waals surface area contributed by atoms with Gasteiger partial charge in [-0.2, -0.15) is 0 Å². The van der Waals surface area contributed by atoms with E-state index in [1.807, 2.05) is 0 Å². The largest absolute Gasteiger partial charge is 0.489 e. The molecule has 0 spiro atoms. The lowest BCUT2D eigenvalue weighted by Gasteiger charge is -2.08. The number of hydrogen-bond acceptors (Lipinski definition) is 3. The first-order valence-electron chi connectivity index (χ1n) is 5.90. The van der Waals surface area contributed by atoms with Crippen LogP contribution in [-0.2, 0) is 6.61 Å². The summed E-state index contributed by atoms with van der Waals surface area (Å²) in [5.41, 5.74) is 1.86. The predicted molar refractivity (Wildman–Crippen MR) is 71.7 cm³/mol. The molecule has 0 fully saturated rings. The van der Waals surface area contributed by atoms with Gasteiger partial charge >= 0.3 is 7.12 Å². The molecule has 19 heavy (non-hydrogen) atoms. The van der Waals surface area contributed by atoms with E-state index in [1.54, 1.807) is 43.3 Å². The van der Waals surface area contributed by atoms with Crippen molar-refractivity contribution in [3.8, 4) is 5.75 Å². The molecule has 0 amide bonds. The first kappa shape index (κ1) is 13.6. The molecule has 0 radical (unpaired) electrons. The molecule has 2 rings (SSSR count). The summed E-state index contributed by atoms with van der Waals surface area (Å²) >= 11 is 0. The van der Waals surface area contributed by atoms with Crippen LogP contribution in [0.1, 0.15) is 11.1 Å². The zero-order valence-electron chi connectivity index (χ0n) is 10.5. The minimum Gasteiger partial charge on any atom is -0.489 e. The summed E-state index contributed by atoms with van der Waals surface area (Å²) < 4.78 is 18.8. The van der Waals surface area contributed by atoms with Crippen molar-refractivity contribution in [1.29, 1.82) is 0 Å². The van der Waals surface area contributed by atoms with Gasteiger partial charge in [-0.15, -0.1) is 0 Å². The Labute approximate surface area is 111 Å². The van der Waals surface area contributed by atoms with Gasteiger partial charge in [-0.3, -0.25) is 0 Å². The molecule has 0 unspecified atom stereocenters. The van der Waals surface area contributed by atoms with Crippen LogP contribution in [0, 0.1) is 12.7 Å². The van der Waals surface area contributed by atoms with Crippen LogP contribution >= 0.6 is 0 Å². The molecular formula is C14H14BFO3. The molecule has 0 aromatic heterocycles. The summed E-state index contributed by atoms with van der Waals surface area (Å²) in [5, 5.41) is 17.9. The topological polar surface area (TPSA) is 49.7 Å². The maximum Gasteiger partial charge on any atom is 0.488 e. The second-order valence-corrected chi connectivity index (χ2v) is 4.31. The van der Waals surface area contributed by atoms with Crippen molar-refractivity contribution in [3.63, 3.8) is 0 Å². The average Bonchev–Trinajstić information content (AvgIpc) is 2.40. The van der Waals surface area contributed by atoms with Gasteiger partial charge in [0.15, 0.2) is 0 Å². The van der Waals surface area contributed by atoms with Crippen molar-refractivity contribution >= 4 is 12.6 Å². The normalized spacial score (nSPS) is 10.3. The number of halogens is 1. The standard InChI is InChI=1S/C14H14BFO3/c1-10-2-7-13(8-14(10)16)19-9-11-3-5-12(6-4-11)15(17)18/h2-8,17-18H,9H2,1H3. The minimum atomic E-state index is -1.47. The lowest BCUT2D eigenvalue weighted by molar-refractivity contribution is 0.304. The molecule has 2 N–H and O–H groups in total. The molecule has 2 aromatic rings. The summed E-state index contributed by atoms with van der Waals surface area (Å²) in [6.45, 7) is 1.99. The molecule has 0 saturated carbocycles. The van der Waals surface area contributed by atoms with E-state index >= 15 is 0 Å². The molecule has 2 aromatic carbocycles. The lowest BCUT2D eigenvalue weighted by Crippen LogP contribution is -2.29. The van der Waals surface area contributed by atoms with Crippen molar-refractivity contribution < 1.29 is 19.2 Å². The van der Waals surface area contributed by atoms with E-state index in [9.17, 15) is 4.39 Å². The Morgan fingerprint density at radius 2 is 1.79 bits per heavy atom. The van der Waals surface area contributed by atoms with Gasteiger partial charge in [-0.25, -0.2) is 4.39 Å². The van der Waals surface area contributed by atoms with Crippen molar-refractivity contribution in [2.75, 3.05) is 0 Å². The summed E-state index contributed by atoms with van der Waals surface area (Å²) in [4.78, 5) is 0. The average molecular weight is 260 g/mol. The van der Waals surface area contributed by atoms with Gasteiger partial charge in [0.25, 0.3) is 0 Å². The van der Waals surface area contributed by atoms with Gasteiger partial charge in [-0.05, 0) is 29.6 Å². The molecule has 0 bridgehead atoms. The van der Waals surface area contributed by atoms with E-state index in [1.165, 1.54) is 6.07 Å². The highest BCUT2D eigenvalue weighted by Gasteiger charge is 2.09. The number of aryl methyl sites for hydroxylation is 1. The van der Waals surface area contributed by atoms with E-state index in [0.717, 1.165) is 5.56 Å². The van der Waals surface area contributed by atoms with Crippen LogP contribution in [0.3, 0.4) is 0 Å². The second-order valence-electron chi connectivity index (χ2n) is 4.31. The number of benzene rings is 2. The van der Waals surface area contributed by atoms with Crippen molar-refractivity contribution in [2.24, 2.45) is 0 Å². The van der Waals surface area contributed by atoms with Gasteiger partial charge in [0, 0.05) is 6.07 Å². The van der Waals surface area contributed by atoms with Gasteiger partial charge < -0.3 is 14.8 Å². The van der Waals surface area contributed by atoms with Crippen molar-refractivity contribution in [3.05, 3.63) is 59.4 Å². The molecule has 0 aliphatic carbocycles. The van der Waals surface area contributed by atoms with Crippen LogP contribution in [0.15, 0.2) is 42.5 Å². The maximum absolute atomic E-state index is 13.3. The Hall–Kier alpha value is -1.85. The summed E-state index contributed by atoms with van der Waals surface area (Å²) in [6, 6.07) is 11.4. The van der Waals surface area contributed by atoms with Gasteiger partial charge in [0.05, 0.1) is 0 Å². The molecule has 0 aliphatic rings. The number of rotatable bonds is 4. The molecule has 0 heterocycles. The first-order chi connectivity index (χ1) is 9.06.